The molecule has 0 atom stereocenters. The molecule has 0 saturated heterocycles. The molecule has 84 valence electrons. The first-order valence-electron chi connectivity index (χ1n) is 4.32. The summed E-state index contributed by atoms with van der Waals surface area (Å²) in [7, 11) is 1.24. The molecule has 0 unspecified atom stereocenters. The Morgan fingerprint density at radius 3 is 3.00 bits per heavy atom. The zero-order chi connectivity index (χ0) is 11.7. The van der Waals surface area contributed by atoms with Gasteiger partial charge in [0.2, 0.25) is 5.43 Å². The van der Waals surface area contributed by atoms with Gasteiger partial charge in [-0.25, -0.2) is 9.78 Å². The van der Waals surface area contributed by atoms with Crippen LogP contribution in [0.3, 0.4) is 0 Å². The van der Waals surface area contributed by atoms with Crippen molar-refractivity contribution in [2.24, 2.45) is 0 Å². The SMILES string of the molecule is COC(=O)c1c[nH]c2nc(SC)sc2c1=O. The third-order valence-electron chi connectivity index (χ3n) is 1.99. The lowest BCUT2D eigenvalue weighted by Gasteiger charge is -1.96. The molecule has 2 aromatic heterocycles. The van der Waals surface area contributed by atoms with Gasteiger partial charge >= 0.3 is 5.97 Å². The molecule has 2 aromatic rings. The number of fused-ring (bicyclic) bond motifs is 1. The van der Waals surface area contributed by atoms with Crippen molar-refractivity contribution in [2.75, 3.05) is 13.4 Å². The van der Waals surface area contributed by atoms with Crippen molar-refractivity contribution < 1.29 is 9.53 Å². The first kappa shape index (κ1) is 11.2. The van der Waals surface area contributed by atoms with Gasteiger partial charge in [-0.05, 0) is 6.26 Å². The van der Waals surface area contributed by atoms with E-state index in [2.05, 4.69) is 14.7 Å². The normalized spacial score (nSPS) is 10.6. The molecule has 0 spiro atoms. The topological polar surface area (TPSA) is 72.1 Å². The highest BCUT2D eigenvalue weighted by Gasteiger charge is 2.15. The fourth-order valence-electron chi connectivity index (χ4n) is 1.23. The third-order valence-corrected chi connectivity index (χ3v) is 4.03. The number of methoxy groups -OCH3 is 1. The monoisotopic (exact) mass is 256 g/mol. The smallest absolute Gasteiger partial charge is 0.343 e. The van der Waals surface area contributed by atoms with Gasteiger partial charge in [0, 0.05) is 6.20 Å². The second-order valence-corrected chi connectivity index (χ2v) is 4.94. The number of carbonyl (C=O) groups is 1. The van der Waals surface area contributed by atoms with Gasteiger partial charge in [0.1, 0.15) is 10.3 Å². The molecule has 0 aromatic carbocycles. The summed E-state index contributed by atoms with van der Waals surface area (Å²) in [6, 6.07) is 0. The molecular formula is C9H8N2O3S2. The van der Waals surface area contributed by atoms with Crippen molar-refractivity contribution >= 4 is 39.4 Å². The Labute approximate surface area is 98.8 Å². The molecule has 0 saturated carbocycles. The standard InChI is InChI=1S/C9H8N2O3S2/c1-14-8(13)4-3-10-7-6(5(4)12)16-9(11-7)15-2/h3H,1-2H3,(H,10,12). The number of ether oxygens (including phenoxy) is 1. The number of aromatic nitrogens is 2. The summed E-state index contributed by atoms with van der Waals surface area (Å²) < 4.78 is 5.75. The van der Waals surface area contributed by atoms with Crippen LogP contribution >= 0.6 is 23.1 Å². The van der Waals surface area contributed by atoms with Gasteiger partial charge < -0.3 is 9.72 Å². The average molecular weight is 256 g/mol. The molecule has 0 fully saturated rings. The van der Waals surface area contributed by atoms with Crippen LogP contribution in [-0.4, -0.2) is 29.3 Å². The van der Waals surface area contributed by atoms with Gasteiger partial charge in [0.15, 0.2) is 9.99 Å². The van der Waals surface area contributed by atoms with E-state index in [9.17, 15) is 9.59 Å². The number of thiazole rings is 1. The molecule has 1 N–H and O–H groups in total. The highest BCUT2D eigenvalue weighted by Crippen LogP contribution is 2.24. The van der Waals surface area contributed by atoms with Crippen LogP contribution in [0.2, 0.25) is 0 Å². The number of carbonyl (C=O) groups excluding carboxylic acids is 1. The fourth-order valence-corrected chi connectivity index (χ4v) is 2.71. The van der Waals surface area contributed by atoms with E-state index in [1.165, 1.54) is 36.4 Å². The summed E-state index contributed by atoms with van der Waals surface area (Å²) in [5.74, 6) is -0.637. The van der Waals surface area contributed by atoms with Gasteiger partial charge in [-0.1, -0.05) is 11.8 Å². The van der Waals surface area contributed by atoms with E-state index in [1.807, 2.05) is 6.26 Å². The van der Waals surface area contributed by atoms with Crippen molar-refractivity contribution in [2.45, 2.75) is 4.34 Å². The average Bonchev–Trinajstić information content (AvgIpc) is 2.72. The largest absolute Gasteiger partial charge is 0.465 e. The number of hydrogen-bond donors (Lipinski definition) is 1. The molecule has 2 rings (SSSR count). The second-order valence-electron chi connectivity index (χ2n) is 2.88. The van der Waals surface area contributed by atoms with Crippen molar-refractivity contribution in [1.82, 2.24) is 9.97 Å². The Hall–Kier alpha value is -1.34. The van der Waals surface area contributed by atoms with Crippen molar-refractivity contribution in [1.29, 1.82) is 0 Å². The van der Waals surface area contributed by atoms with Crippen LogP contribution in [-0.2, 0) is 4.74 Å². The molecule has 0 aliphatic heterocycles. The van der Waals surface area contributed by atoms with Crippen LogP contribution in [0.15, 0.2) is 15.3 Å². The lowest BCUT2D eigenvalue weighted by atomic mass is 10.3. The van der Waals surface area contributed by atoms with E-state index < -0.39 is 5.97 Å². The lowest BCUT2D eigenvalue weighted by molar-refractivity contribution is 0.0599. The Morgan fingerprint density at radius 2 is 2.38 bits per heavy atom. The predicted octanol–water partition coefficient (Wildman–Crippen LogP) is 1.49. The number of H-pyrrole nitrogens is 1. The molecule has 0 amide bonds. The number of esters is 1. The third kappa shape index (κ3) is 1.72. The minimum Gasteiger partial charge on any atom is -0.465 e. The number of thioether (sulfide) groups is 1. The van der Waals surface area contributed by atoms with Gasteiger partial charge in [-0.3, -0.25) is 4.79 Å². The minimum atomic E-state index is -0.637. The Bertz CT molecular complexity index is 602. The molecule has 0 bridgehead atoms. The first-order valence-corrected chi connectivity index (χ1v) is 6.36. The number of pyridine rings is 1. The zero-order valence-corrected chi connectivity index (χ0v) is 10.2. The molecule has 0 aliphatic carbocycles. The highest BCUT2D eigenvalue weighted by atomic mass is 32.2. The Balaban J connectivity index is 2.69. The molecule has 5 nitrogen and oxygen atoms in total. The second kappa shape index (κ2) is 4.26. The minimum absolute atomic E-state index is 0.00584. The van der Waals surface area contributed by atoms with Crippen LogP contribution in [0.4, 0.5) is 0 Å². The molecule has 7 heteroatoms. The highest BCUT2D eigenvalue weighted by molar-refractivity contribution is 8.00. The van der Waals surface area contributed by atoms with E-state index in [1.54, 1.807) is 0 Å². The van der Waals surface area contributed by atoms with Gasteiger partial charge in [-0.15, -0.1) is 11.3 Å². The molecular weight excluding hydrogens is 248 g/mol. The number of nitrogens with one attached hydrogen (secondary N) is 1. The molecule has 2 heterocycles. The van der Waals surface area contributed by atoms with E-state index in [-0.39, 0.29) is 11.0 Å². The quantitative estimate of drug-likeness (QED) is 0.651. The summed E-state index contributed by atoms with van der Waals surface area (Å²) in [6.45, 7) is 0. The van der Waals surface area contributed by atoms with Crippen LogP contribution in [0.1, 0.15) is 10.4 Å². The lowest BCUT2D eigenvalue weighted by Crippen LogP contribution is -2.16. The molecule has 0 aliphatic rings. The summed E-state index contributed by atoms with van der Waals surface area (Å²) >= 11 is 2.72. The maximum absolute atomic E-state index is 11.9. The van der Waals surface area contributed by atoms with Gasteiger partial charge in [0.25, 0.3) is 0 Å². The van der Waals surface area contributed by atoms with Crippen LogP contribution < -0.4 is 5.43 Å². The summed E-state index contributed by atoms with van der Waals surface area (Å²) in [4.78, 5) is 30.2. The van der Waals surface area contributed by atoms with Crippen molar-refractivity contribution in [3.05, 3.63) is 22.0 Å². The number of aromatic amines is 1. The number of rotatable bonds is 2. The van der Waals surface area contributed by atoms with E-state index in [0.717, 1.165) is 4.34 Å². The van der Waals surface area contributed by atoms with Crippen LogP contribution in [0.25, 0.3) is 10.3 Å². The van der Waals surface area contributed by atoms with Gasteiger partial charge in [0.05, 0.1) is 7.11 Å². The Morgan fingerprint density at radius 1 is 1.62 bits per heavy atom. The van der Waals surface area contributed by atoms with E-state index in [4.69, 9.17) is 0 Å². The van der Waals surface area contributed by atoms with Crippen LogP contribution in [0.5, 0.6) is 0 Å². The first-order chi connectivity index (χ1) is 7.67. The predicted molar refractivity (Wildman–Crippen MR) is 63.4 cm³/mol. The maximum atomic E-state index is 11.9. The van der Waals surface area contributed by atoms with E-state index >= 15 is 0 Å². The maximum Gasteiger partial charge on any atom is 0.343 e. The van der Waals surface area contributed by atoms with Crippen molar-refractivity contribution in [3.8, 4) is 0 Å². The summed E-state index contributed by atoms with van der Waals surface area (Å²) in [5.41, 5.74) is 0.178. The Kier molecular flexibility index (Phi) is 2.97. The molecule has 16 heavy (non-hydrogen) atoms. The summed E-state index contributed by atoms with van der Waals surface area (Å²) in [6.07, 6.45) is 3.21. The number of nitrogens with zero attached hydrogens (tertiary/aromatic N) is 1. The molecule has 0 radical (unpaired) electrons. The fraction of sp³-hybridized carbons (Fsp3) is 0.222. The van der Waals surface area contributed by atoms with Crippen LogP contribution in [0, 0.1) is 0 Å². The van der Waals surface area contributed by atoms with Crippen molar-refractivity contribution in [3.63, 3.8) is 0 Å². The summed E-state index contributed by atoms with van der Waals surface area (Å²) in [5, 5.41) is 0. The zero-order valence-electron chi connectivity index (χ0n) is 8.57. The van der Waals surface area contributed by atoms with Gasteiger partial charge in [-0.2, -0.15) is 0 Å². The van der Waals surface area contributed by atoms with E-state index in [0.29, 0.717) is 10.3 Å². The number of hydrogen-bond acceptors (Lipinski definition) is 6.